The van der Waals surface area contributed by atoms with Crippen molar-refractivity contribution < 1.29 is 4.79 Å². The Morgan fingerprint density at radius 2 is 1.68 bits per heavy atom. The Kier molecular flexibility index (Phi) is 6.13. The molecular formula is C24H27N5O2. The van der Waals surface area contributed by atoms with Crippen molar-refractivity contribution >= 4 is 22.7 Å². The summed E-state index contributed by atoms with van der Waals surface area (Å²) in [6.07, 6.45) is 1.39. The maximum absolute atomic E-state index is 13.3. The van der Waals surface area contributed by atoms with E-state index in [0.717, 1.165) is 36.2 Å². The van der Waals surface area contributed by atoms with E-state index in [9.17, 15) is 9.59 Å². The molecule has 7 nitrogen and oxygen atoms in total. The summed E-state index contributed by atoms with van der Waals surface area (Å²) in [6, 6.07) is 17.7. The summed E-state index contributed by atoms with van der Waals surface area (Å²) in [5.74, 6) is 0.133. The highest BCUT2D eigenvalue weighted by Gasteiger charge is 2.19. The molecule has 0 atom stereocenters. The summed E-state index contributed by atoms with van der Waals surface area (Å²) >= 11 is 0. The van der Waals surface area contributed by atoms with Gasteiger partial charge in [-0.15, -0.1) is 0 Å². The van der Waals surface area contributed by atoms with Crippen molar-refractivity contribution in [3.63, 3.8) is 0 Å². The van der Waals surface area contributed by atoms with Crippen LogP contribution >= 0.6 is 0 Å². The van der Waals surface area contributed by atoms with E-state index in [1.807, 2.05) is 59.2 Å². The highest BCUT2D eigenvalue weighted by atomic mass is 16.2. The number of fused-ring (bicyclic) bond motifs is 3. The SMILES string of the molecule is CCN(CC)CCNC(=O)c1cnc2n(Cc3ccccc3)c3ccccc3n2c1=O. The van der Waals surface area contributed by atoms with Gasteiger partial charge in [0.05, 0.1) is 17.6 Å². The molecule has 2 aromatic heterocycles. The average molecular weight is 418 g/mol. The Morgan fingerprint density at radius 1 is 1.00 bits per heavy atom. The molecule has 0 bridgehead atoms. The fraction of sp³-hybridized carbons (Fsp3) is 0.292. The Labute approximate surface area is 180 Å². The monoisotopic (exact) mass is 417 g/mol. The number of nitrogens with zero attached hydrogens (tertiary/aromatic N) is 4. The van der Waals surface area contributed by atoms with Crippen molar-refractivity contribution in [1.82, 2.24) is 24.2 Å². The van der Waals surface area contributed by atoms with Crippen molar-refractivity contribution in [2.24, 2.45) is 0 Å². The lowest BCUT2D eigenvalue weighted by Gasteiger charge is -2.17. The standard InChI is InChI=1S/C24H27N5O2/c1-3-27(4-2)15-14-25-22(30)19-16-26-24-28(17-18-10-6-5-7-11-18)20-12-8-9-13-21(20)29(24)23(19)31/h5-13,16H,3-4,14-15,17H2,1-2H3,(H,25,30). The lowest BCUT2D eigenvalue weighted by Crippen LogP contribution is -2.37. The number of benzene rings is 2. The number of likely N-dealkylation sites (N-methyl/N-ethyl adjacent to an activating group) is 1. The summed E-state index contributed by atoms with van der Waals surface area (Å²) in [5.41, 5.74) is 2.45. The van der Waals surface area contributed by atoms with Crippen LogP contribution in [-0.2, 0) is 6.54 Å². The fourth-order valence-corrected chi connectivity index (χ4v) is 3.88. The van der Waals surface area contributed by atoms with Crippen LogP contribution in [0.15, 0.2) is 65.6 Å². The zero-order valence-electron chi connectivity index (χ0n) is 17.9. The van der Waals surface area contributed by atoms with Gasteiger partial charge >= 0.3 is 0 Å². The number of rotatable bonds is 8. The average Bonchev–Trinajstić information content (AvgIpc) is 3.12. The molecule has 1 amide bonds. The van der Waals surface area contributed by atoms with Gasteiger partial charge in [-0.1, -0.05) is 56.3 Å². The highest BCUT2D eigenvalue weighted by Crippen LogP contribution is 2.20. The molecular weight excluding hydrogens is 390 g/mol. The van der Waals surface area contributed by atoms with Crippen molar-refractivity contribution in [1.29, 1.82) is 0 Å². The molecule has 31 heavy (non-hydrogen) atoms. The molecule has 0 saturated carbocycles. The van der Waals surface area contributed by atoms with Crippen LogP contribution in [0.25, 0.3) is 16.8 Å². The third-order valence-corrected chi connectivity index (χ3v) is 5.63. The molecule has 160 valence electrons. The summed E-state index contributed by atoms with van der Waals surface area (Å²) in [6.45, 7) is 7.82. The largest absolute Gasteiger partial charge is 0.351 e. The summed E-state index contributed by atoms with van der Waals surface area (Å²) in [7, 11) is 0. The van der Waals surface area contributed by atoms with Crippen molar-refractivity contribution in [3.8, 4) is 0 Å². The van der Waals surface area contributed by atoms with Crippen molar-refractivity contribution in [2.75, 3.05) is 26.2 Å². The third-order valence-electron chi connectivity index (χ3n) is 5.63. The van der Waals surface area contributed by atoms with Crippen LogP contribution in [0, 0.1) is 0 Å². The second-order valence-electron chi connectivity index (χ2n) is 7.46. The third kappa shape index (κ3) is 4.09. The van der Waals surface area contributed by atoms with E-state index < -0.39 is 0 Å². The summed E-state index contributed by atoms with van der Waals surface area (Å²) in [4.78, 5) is 32.7. The Bertz CT molecular complexity index is 1260. The molecule has 2 aromatic carbocycles. The predicted molar refractivity (Wildman–Crippen MR) is 123 cm³/mol. The van der Waals surface area contributed by atoms with E-state index in [1.165, 1.54) is 10.6 Å². The molecule has 2 heterocycles. The number of carbonyl (C=O) groups excluding carboxylic acids is 1. The molecule has 0 fully saturated rings. The lowest BCUT2D eigenvalue weighted by molar-refractivity contribution is 0.0947. The van der Waals surface area contributed by atoms with E-state index in [4.69, 9.17) is 0 Å². The molecule has 4 aromatic rings. The van der Waals surface area contributed by atoms with Crippen LogP contribution < -0.4 is 10.9 Å². The summed E-state index contributed by atoms with van der Waals surface area (Å²) in [5, 5.41) is 2.86. The van der Waals surface area contributed by atoms with Crippen molar-refractivity contribution in [2.45, 2.75) is 20.4 Å². The fourth-order valence-electron chi connectivity index (χ4n) is 3.88. The van der Waals surface area contributed by atoms with Crippen LogP contribution in [0.4, 0.5) is 0 Å². The first-order chi connectivity index (χ1) is 15.1. The highest BCUT2D eigenvalue weighted by molar-refractivity contribution is 5.94. The van der Waals surface area contributed by atoms with Gasteiger partial charge in [-0.2, -0.15) is 0 Å². The first-order valence-electron chi connectivity index (χ1n) is 10.7. The predicted octanol–water partition coefficient (Wildman–Crippen LogP) is 2.77. The van der Waals surface area contributed by atoms with Crippen LogP contribution in [0.1, 0.15) is 29.8 Å². The smallest absolute Gasteiger partial charge is 0.272 e. The number of imidazole rings is 1. The molecule has 4 rings (SSSR count). The summed E-state index contributed by atoms with van der Waals surface area (Å²) < 4.78 is 3.55. The number of hydrogen-bond acceptors (Lipinski definition) is 4. The maximum atomic E-state index is 13.3. The van der Waals surface area contributed by atoms with Crippen LogP contribution in [0.2, 0.25) is 0 Å². The molecule has 0 saturated heterocycles. The molecule has 0 aliphatic carbocycles. The van der Waals surface area contributed by atoms with E-state index in [1.54, 1.807) is 0 Å². The molecule has 7 heteroatoms. The Morgan fingerprint density at radius 3 is 2.39 bits per heavy atom. The van der Waals surface area contributed by atoms with E-state index in [2.05, 4.69) is 29.0 Å². The first-order valence-corrected chi connectivity index (χ1v) is 10.7. The molecule has 0 unspecified atom stereocenters. The number of amides is 1. The van der Waals surface area contributed by atoms with Crippen molar-refractivity contribution in [3.05, 3.63) is 82.3 Å². The van der Waals surface area contributed by atoms with E-state index in [0.29, 0.717) is 18.9 Å². The number of nitrogens with one attached hydrogen (secondary N) is 1. The molecule has 1 N–H and O–H groups in total. The first kappa shape index (κ1) is 20.8. The van der Waals surface area contributed by atoms with Gasteiger partial charge in [0.2, 0.25) is 5.78 Å². The second-order valence-corrected chi connectivity index (χ2v) is 7.46. The van der Waals surface area contributed by atoms with Gasteiger partial charge in [0.25, 0.3) is 11.5 Å². The van der Waals surface area contributed by atoms with Crippen LogP contribution in [-0.4, -0.2) is 50.9 Å². The number of hydrogen-bond donors (Lipinski definition) is 1. The van der Waals surface area contributed by atoms with Crippen LogP contribution in [0.3, 0.4) is 0 Å². The molecule has 0 aliphatic rings. The topological polar surface area (TPSA) is 71.6 Å². The Hall–Kier alpha value is -3.45. The normalized spacial score (nSPS) is 11.5. The minimum absolute atomic E-state index is 0.0552. The zero-order chi connectivity index (χ0) is 21.8. The number of carbonyl (C=O) groups is 1. The minimum Gasteiger partial charge on any atom is -0.351 e. The molecule has 0 spiro atoms. The number of para-hydroxylation sites is 2. The van der Waals surface area contributed by atoms with Gasteiger partial charge < -0.3 is 14.8 Å². The quantitative estimate of drug-likeness (QED) is 0.479. The molecule has 0 radical (unpaired) electrons. The maximum Gasteiger partial charge on any atom is 0.272 e. The van der Waals surface area contributed by atoms with Gasteiger partial charge in [-0.05, 0) is 30.8 Å². The zero-order valence-corrected chi connectivity index (χ0v) is 17.9. The van der Waals surface area contributed by atoms with E-state index in [-0.39, 0.29) is 17.0 Å². The lowest BCUT2D eigenvalue weighted by atomic mass is 10.2. The Balaban J connectivity index is 1.72. The van der Waals surface area contributed by atoms with Gasteiger partial charge in [-0.3, -0.25) is 9.59 Å². The number of aromatic nitrogens is 3. The minimum atomic E-state index is -0.390. The van der Waals surface area contributed by atoms with Gasteiger partial charge in [-0.25, -0.2) is 9.38 Å². The van der Waals surface area contributed by atoms with Gasteiger partial charge in [0, 0.05) is 19.3 Å². The van der Waals surface area contributed by atoms with Gasteiger partial charge in [0.1, 0.15) is 5.56 Å². The second kappa shape index (κ2) is 9.14. The van der Waals surface area contributed by atoms with Gasteiger partial charge in [0.15, 0.2) is 0 Å². The van der Waals surface area contributed by atoms with E-state index >= 15 is 0 Å². The molecule has 0 aliphatic heterocycles. The van der Waals surface area contributed by atoms with Crippen LogP contribution in [0.5, 0.6) is 0 Å².